The standard InChI is InChI=1S/C18H18FN5/c1-11-9-24-10-12(7-15(19)17(24)22-11)13-5-3-4-6-16-14(13)8-21-18(20-2)23-16/h5,7-10H,3-4,6H2,1-2H3,(H,20,21,23). The van der Waals surface area contributed by atoms with E-state index in [-0.39, 0.29) is 5.82 Å². The molecule has 3 aromatic rings. The van der Waals surface area contributed by atoms with Crippen molar-refractivity contribution in [1.29, 1.82) is 0 Å². The number of fused-ring (bicyclic) bond motifs is 2. The largest absolute Gasteiger partial charge is 0.357 e. The van der Waals surface area contributed by atoms with Crippen LogP contribution in [0.15, 0.2) is 30.7 Å². The van der Waals surface area contributed by atoms with Gasteiger partial charge in [0.25, 0.3) is 0 Å². The van der Waals surface area contributed by atoms with Crippen molar-refractivity contribution in [3.05, 3.63) is 59.1 Å². The van der Waals surface area contributed by atoms with Gasteiger partial charge in [-0.2, -0.15) is 0 Å². The van der Waals surface area contributed by atoms with Crippen molar-refractivity contribution in [1.82, 2.24) is 19.4 Å². The number of allylic oxidation sites excluding steroid dienone is 1. The van der Waals surface area contributed by atoms with Gasteiger partial charge in [-0.05, 0) is 37.8 Å². The van der Waals surface area contributed by atoms with E-state index >= 15 is 0 Å². The Morgan fingerprint density at radius 1 is 1.25 bits per heavy atom. The summed E-state index contributed by atoms with van der Waals surface area (Å²) in [5.41, 5.74) is 4.93. The molecule has 0 saturated carbocycles. The topological polar surface area (TPSA) is 55.1 Å². The van der Waals surface area contributed by atoms with Crippen molar-refractivity contribution >= 4 is 17.2 Å². The second-order valence-corrected chi connectivity index (χ2v) is 6.00. The molecule has 122 valence electrons. The number of nitrogens with one attached hydrogen (secondary N) is 1. The van der Waals surface area contributed by atoms with E-state index in [9.17, 15) is 4.39 Å². The Balaban J connectivity index is 1.89. The first kappa shape index (κ1) is 14.8. The van der Waals surface area contributed by atoms with Crippen molar-refractivity contribution < 1.29 is 4.39 Å². The fourth-order valence-corrected chi connectivity index (χ4v) is 3.18. The number of pyridine rings is 1. The van der Waals surface area contributed by atoms with Gasteiger partial charge in [0.15, 0.2) is 11.5 Å². The minimum atomic E-state index is -0.319. The average molecular weight is 323 g/mol. The van der Waals surface area contributed by atoms with E-state index in [0.29, 0.717) is 11.6 Å². The summed E-state index contributed by atoms with van der Waals surface area (Å²) in [6.07, 6.45) is 10.6. The molecule has 3 aromatic heterocycles. The van der Waals surface area contributed by atoms with Crippen LogP contribution in [0.4, 0.5) is 10.3 Å². The van der Waals surface area contributed by atoms with Crippen LogP contribution in [0.2, 0.25) is 0 Å². The molecule has 4 rings (SSSR count). The third kappa shape index (κ3) is 2.44. The molecule has 0 aromatic carbocycles. The number of imidazole rings is 1. The van der Waals surface area contributed by atoms with E-state index in [1.165, 1.54) is 0 Å². The quantitative estimate of drug-likeness (QED) is 0.785. The van der Waals surface area contributed by atoms with Gasteiger partial charge in [0.1, 0.15) is 0 Å². The van der Waals surface area contributed by atoms with Crippen molar-refractivity contribution in [3.63, 3.8) is 0 Å². The van der Waals surface area contributed by atoms with Crippen LogP contribution in [-0.4, -0.2) is 26.4 Å². The van der Waals surface area contributed by atoms with Gasteiger partial charge < -0.3 is 9.72 Å². The van der Waals surface area contributed by atoms with E-state index in [1.54, 1.807) is 17.5 Å². The zero-order valence-corrected chi connectivity index (χ0v) is 13.7. The summed E-state index contributed by atoms with van der Waals surface area (Å²) in [7, 11) is 1.81. The molecule has 0 radical (unpaired) electrons. The zero-order valence-electron chi connectivity index (χ0n) is 13.7. The van der Waals surface area contributed by atoms with Crippen LogP contribution in [0.5, 0.6) is 0 Å². The Morgan fingerprint density at radius 3 is 2.96 bits per heavy atom. The van der Waals surface area contributed by atoms with Gasteiger partial charge in [0.2, 0.25) is 5.95 Å². The number of hydrogen-bond acceptors (Lipinski definition) is 4. The first-order valence-electron chi connectivity index (χ1n) is 8.05. The predicted octanol–water partition coefficient (Wildman–Crippen LogP) is 3.38. The lowest BCUT2D eigenvalue weighted by atomic mass is 9.99. The fourth-order valence-electron chi connectivity index (χ4n) is 3.18. The van der Waals surface area contributed by atoms with Gasteiger partial charge in [-0.25, -0.2) is 19.3 Å². The van der Waals surface area contributed by atoms with Crippen LogP contribution in [0, 0.1) is 12.7 Å². The highest BCUT2D eigenvalue weighted by Crippen LogP contribution is 2.31. The normalized spacial score (nSPS) is 14.2. The molecule has 0 fully saturated rings. The van der Waals surface area contributed by atoms with Gasteiger partial charge >= 0.3 is 0 Å². The minimum Gasteiger partial charge on any atom is -0.357 e. The number of hydrogen-bond donors (Lipinski definition) is 1. The lowest BCUT2D eigenvalue weighted by Crippen LogP contribution is -2.04. The summed E-state index contributed by atoms with van der Waals surface area (Å²) in [6, 6.07) is 1.55. The summed E-state index contributed by atoms with van der Waals surface area (Å²) in [4.78, 5) is 13.1. The number of aryl methyl sites for hydroxylation is 2. The molecule has 5 nitrogen and oxygen atoms in total. The fraction of sp³-hybridized carbons (Fsp3) is 0.278. The third-order valence-corrected chi connectivity index (χ3v) is 4.29. The lowest BCUT2D eigenvalue weighted by Gasteiger charge is -2.12. The second kappa shape index (κ2) is 5.70. The van der Waals surface area contributed by atoms with Gasteiger partial charge in [0.05, 0.1) is 11.4 Å². The highest BCUT2D eigenvalue weighted by molar-refractivity contribution is 5.81. The molecule has 24 heavy (non-hydrogen) atoms. The number of aromatic nitrogens is 4. The van der Waals surface area contributed by atoms with Crippen LogP contribution in [0.1, 0.15) is 35.4 Å². The van der Waals surface area contributed by atoms with E-state index in [0.717, 1.165) is 47.4 Å². The molecular formula is C18H18FN5. The lowest BCUT2D eigenvalue weighted by molar-refractivity contribution is 0.629. The Hall–Kier alpha value is -2.76. The molecule has 0 saturated heterocycles. The van der Waals surface area contributed by atoms with Crippen LogP contribution >= 0.6 is 0 Å². The molecule has 0 unspecified atom stereocenters. The predicted molar refractivity (Wildman–Crippen MR) is 91.5 cm³/mol. The number of anilines is 1. The van der Waals surface area contributed by atoms with E-state index < -0.39 is 0 Å². The highest BCUT2D eigenvalue weighted by atomic mass is 19.1. The number of halogens is 1. The van der Waals surface area contributed by atoms with Crippen molar-refractivity contribution in [2.75, 3.05) is 12.4 Å². The summed E-state index contributed by atoms with van der Waals surface area (Å²) >= 11 is 0. The molecule has 6 heteroatoms. The molecule has 1 aliphatic carbocycles. The maximum atomic E-state index is 14.5. The summed E-state index contributed by atoms with van der Waals surface area (Å²) in [5, 5.41) is 2.97. The smallest absolute Gasteiger partial charge is 0.222 e. The van der Waals surface area contributed by atoms with Crippen molar-refractivity contribution in [3.8, 4) is 0 Å². The first-order chi connectivity index (χ1) is 11.7. The Kier molecular flexibility index (Phi) is 3.52. The summed E-state index contributed by atoms with van der Waals surface area (Å²) in [6.45, 7) is 1.86. The van der Waals surface area contributed by atoms with Gasteiger partial charge in [-0.1, -0.05) is 6.08 Å². The maximum absolute atomic E-state index is 14.5. The SMILES string of the molecule is CNc1ncc2c(n1)CCCC=C2c1cc(F)c2nc(C)cn2c1. The molecular weight excluding hydrogens is 305 g/mol. The van der Waals surface area contributed by atoms with Gasteiger partial charge in [0, 0.05) is 36.8 Å². The molecule has 0 spiro atoms. The van der Waals surface area contributed by atoms with Crippen LogP contribution in [-0.2, 0) is 6.42 Å². The van der Waals surface area contributed by atoms with Gasteiger partial charge in [-0.15, -0.1) is 0 Å². The van der Waals surface area contributed by atoms with Crippen molar-refractivity contribution in [2.45, 2.75) is 26.2 Å². The van der Waals surface area contributed by atoms with Crippen molar-refractivity contribution in [2.24, 2.45) is 0 Å². The number of nitrogens with zero attached hydrogens (tertiary/aromatic N) is 4. The van der Waals surface area contributed by atoms with Gasteiger partial charge in [-0.3, -0.25) is 0 Å². The summed E-state index contributed by atoms with van der Waals surface area (Å²) < 4.78 is 16.2. The molecule has 1 aliphatic rings. The van der Waals surface area contributed by atoms with E-state index in [2.05, 4.69) is 26.3 Å². The zero-order chi connectivity index (χ0) is 16.7. The Bertz CT molecular complexity index is 957. The Morgan fingerprint density at radius 2 is 2.12 bits per heavy atom. The minimum absolute atomic E-state index is 0.319. The molecule has 0 bridgehead atoms. The molecule has 3 heterocycles. The molecule has 0 atom stereocenters. The van der Waals surface area contributed by atoms with Crippen LogP contribution in [0.25, 0.3) is 11.2 Å². The highest BCUT2D eigenvalue weighted by Gasteiger charge is 2.18. The third-order valence-electron chi connectivity index (χ3n) is 4.29. The average Bonchev–Trinajstić information content (AvgIpc) is 2.83. The Labute approximate surface area is 139 Å². The second-order valence-electron chi connectivity index (χ2n) is 6.00. The molecule has 0 amide bonds. The van der Waals surface area contributed by atoms with E-state index in [4.69, 9.17) is 0 Å². The maximum Gasteiger partial charge on any atom is 0.222 e. The molecule has 0 aliphatic heterocycles. The molecule has 1 N–H and O–H groups in total. The van der Waals surface area contributed by atoms with Crippen LogP contribution in [0.3, 0.4) is 0 Å². The summed E-state index contributed by atoms with van der Waals surface area (Å²) in [5.74, 6) is 0.293. The number of rotatable bonds is 2. The van der Waals surface area contributed by atoms with E-state index in [1.807, 2.05) is 25.5 Å². The first-order valence-corrected chi connectivity index (χ1v) is 8.05. The monoisotopic (exact) mass is 323 g/mol. The van der Waals surface area contributed by atoms with Crippen LogP contribution < -0.4 is 5.32 Å².